The SMILES string of the molecule is CC(C)c1ccc(C(=O)NCCCc2ncc[nH]2)cc1. The first-order valence-electron chi connectivity index (χ1n) is 7.03. The molecule has 2 N–H and O–H groups in total. The van der Waals surface area contributed by atoms with Crippen LogP contribution in [0, 0.1) is 0 Å². The first-order chi connectivity index (χ1) is 9.66. The molecule has 0 aliphatic rings. The Morgan fingerprint density at radius 2 is 2.05 bits per heavy atom. The molecule has 1 heterocycles. The lowest BCUT2D eigenvalue weighted by atomic mass is 10.0. The van der Waals surface area contributed by atoms with Gasteiger partial charge in [0.05, 0.1) is 0 Å². The summed E-state index contributed by atoms with van der Waals surface area (Å²) in [4.78, 5) is 19.2. The highest BCUT2D eigenvalue weighted by Crippen LogP contribution is 2.14. The maximum absolute atomic E-state index is 12.0. The Balaban J connectivity index is 1.76. The minimum absolute atomic E-state index is 0.0141. The number of aromatic amines is 1. The number of nitrogens with one attached hydrogen (secondary N) is 2. The molecule has 0 fully saturated rings. The average molecular weight is 271 g/mol. The summed E-state index contributed by atoms with van der Waals surface area (Å²) in [6.07, 6.45) is 5.28. The van der Waals surface area contributed by atoms with Crippen molar-refractivity contribution in [1.82, 2.24) is 15.3 Å². The summed E-state index contributed by atoms with van der Waals surface area (Å²) in [7, 11) is 0. The van der Waals surface area contributed by atoms with Crippen LogP contribution in [0.4, 0.5) is 0 Å². The molecule has 0 bridgehead atoms. The van der Waals surface area contributed by atoms with E-state index in [1.165, 1.54) is 5.56 Å². The molecule has 20 heavy (non-hydrogen) atoms. The Morgan fingerprint density at radius 3 is 2.65 bits per heavy atom. The normalized spacial score (nSPS) is 10.8. The minimum atomic E-state index is -0.0141. The Morgan fingerprint density at radius 1 is 1.30 bits per heavy atom. The van der Waals surface area contributed by atoms with Crippen molar-refractivity contribution >= 4 is 5.91 Å². The van der Waals surface area contributed by atoms with Crippen molar-refractivity contribution in [3.8, 4) is 0 Å². The third-order valence-electron chi connectivity index (χ3n) is 3.27. The molecule has 0 saturated carbocycles. The highest BCUT2D eigenvalue weighted by atomic mass is 16.1. The van der Waals surface area contributed by atoms with Gasteiger partial charge in [0.25, 0.3) is 5.91 Å². The molecule has 0 atom stereocenters. The highest BCUT2D eigenvalue weighted by Gasteiger charge is 2.06. The van der Waals surface area contributed by atoms with Gasteiger partial charge in [-0.3, -0.25) is 4.79 Å². The van der Waals surface area contributed by atoms with Crippen LogP contribution in [0.1, 0.15) is 47.9 Å². The van der Waals surface area contributed by atoms with Gasteiger partial charge in [-0.15, -0.1) is 0 Å². The van der Waals surface area contributed by atoms with E-state index in [2.05, 4.69) is 29.1 Å². The smallest absolute Gasteiger partial charge is 0.251 e. The molecule has 1 amide bonds. The standard InChI is InChI=1S/C16H21N3O/c1-12(2)13-5-7-14(8-6-13)16(20)19-9-3-4-15-17-10-11-18-15/h5-8,10-12H,3-4,9H2,1-2H3,(H,17,18)(H,19,20). The van der Waals surface area contributed by atoms with E-state index in [9.17, 15) is 4.79 Å². The second-order valence-corrected chi connectivity index (χ2v) is 5.17. The van der Waals surface area contributed by atoms with Crippen LogP contribution >= 0.6 is 0 Å². The zero-order valence-corrected chi connectivity index (χ0v) is 12.0. The van der Waals surface area contributed by atoms with Crippen molar-refractivity contribution in [3.05, 3.63) is 53.6 Å². The van der Waals surface area contributed by atoms with Crippen LogP contribution in [0.15, 0.2) is 36.7 Å². The molecule has 1 aromatic heterocycles. The number of carbonyl (C=O) groups is 1. The van der Waals surface area contributed by atoms with Crippen molar-refractivity contribution in [2.45, 2.75) is 32.6 Å². The summed E-state index contributed by atoms with van der Waals surface area (Å²) in [6.45, 7) is 4.94. The molecule has 4 heteroatoms. The molecule has 106 valence electrons. The molecule has 0 saturated heterocycles. The van der Waals surface area contributed by atoms with E-state index in [4.69, 9.17) is 0 Å². The molecule has 1 aromatic carbocycles. The van der Waals surface area contributed by atoms with Crippen LogP contribution < -0.4 is 5.32 Å². The van der Waals surface area contributed by atoms with E-state index < -0.39 is 0 Å². The van der Waals surface area contributed by atoms with Crippen molar-refractivity contribution in [2.24, 2.45) is 0 Å². The number of H-pyrrole nitrogens is 1. The summed E-state index contributed by atoms with van der Waals surface area (Å²) < 4.78 is 0. The lowest BCUT2D eigenvalue weighted by molar-refractivity contribution is 0.0953. The van der Waals surface area contributed by atoms with E-state index in [-0.39, 0.29) is 5.91 Å². The molecule has 4 nitrogen and oxygen atoms in total. The number of benzene rings is 1. The van der Waals surface area contributed by atoms with Crippen LogP contribution in [-0.4, -0.2) is 22.4 Å². The minimum Gasteiger partial charge on any atom is -0.352 e. The number of amides is 1. The predicted molar refractivity (Wildman–Crippen MR) is 79.8 cm³/mol. The monoisotopic (exact) mass is 271 g/mol. The summed E-state index contributed by atoms with van der Waals surface area (Å²) in [5.74, 6) is 1.43. The van der Waals surface area contributed by atoms with Crippen LogP contribution in [0.3, 0.4) is 0 Å². The Bertz CT molecular complexity index is 529. The fraction of sp³-hybridized carbons (Fsp3) is 0.375. The molecule has 0 spiro atoms. The topological polar surface area (TPSA) is 57.8 Å². The second-order valence-electron chi connectivity index (χ2n) is 5.17. The van der Waals surface area contributed by atoms with Gasteiger partial charge in [-0.25, -0.2) is 4.98 Å². The first kappa shape index (κ1) is 14.3. The third kappa shape index (κ3) is 3.95. The predicted octanol–water partition coefficient (Wildman–Crippen LogP) is 2.90. The summed E-state index contributed by atoms with van der Waals surface area (Å²) >= 11 is 0. The average Bonchev–Trinajstić information content (AvgIpc) is 2.96. The lowest BCUT2D eigenvalue weighted by Crippen LogP contribution is -2.24. The number of nitrogens with zero attached hydrogens (tertiary/aromatic N) is 1. The fourth-order valence-electron chi connectivity index (χ4n) is 2.01. The Labute approximate surface area is 119 Å². The fourth-order valence-corrected chi connectivity index (χ4v) is 2.01. The Hall–Kier alpha value is -2.10. The number of hydrogen-bond acceptors (Lipinski definition) is 2. The molecule has 0 aliphatic heterocycles. The third-order valence-corrected chi connectivity index (χ3v) is 3.27. The van der Waals surface area contributed by atoms with Gasteiger partial charge in [-0.05, 0) is 30.0 Å². The van der Waals surface area contributed by atoms with Crippen LogP contribution in [0.5, 0.6) is 0 Å². The molecule has 2 rings (SSSR count). The molecule has 0 aliphatic carbocycles. The quantitative estimate of drug-likeness (QED) is 0.794. The van der Waals surface area contributed by atoms with Crippen molar-refractivity contribution < 1.29 is 4.79 Å². The van der Waals surface area contributed by atoms with Crippen LogP contribution in [0.25, 0.3) is 0 Å². The van der Waals surface area contributed by atoms with Gasteiger partial charge in [0.2, 0.25) is 0 Å². The van der Waals surface area contributed by atoms with Gasteiger partial charge < -0.3 is 10.3 Å². The van der Waals surface area contributed by atoms with Crippen LogP contribution in [-0.2, 0) is 6.42 Å². The maximum Gasteiger partial charge on any atom is 0.251 e. The summed E-state index contributed by atoms with van der Waals surface area (Å²) in [5.41, 5.74) is 1.96. The van der Waals surface area contributed by atoms with Gasteiger partial charge >= 0.3 is 0 Å². The first-order valence-corrected chi connectivity index (χ1v) is 7.03. The van der Waals surface area contributed by atoms with Gasteiger partial charge in [0.1, 0.15) is 5.82 Å². The Kier molecular flexibility index (Phi) is 4.93. The van der Waals surface area contributed by atoms with E-state index in [0.29, 0.717) is 18.0 Å². The van der Waals surface area contributed by atoms with E-state index in [0.717, 1.165) is 18.7 Å². The van der Waals surface area contributed by atoms with Crippen molar-refractivity contribution in [1.29, 1.82) is 0 Å². The number of hydrogen-bond donors (Lipinski definition) is 2. The van der Waals surface area contributed by atoms with Crippen molar-refractivity contribution in [3.63, 3.8) is 0 Å². The maximum atomic E-state index is 12.0. The molecule has 2 aromatic rings. The van der Waals surface area contributed by atoms with Crippen LogP contribution in [0.2, 0.25) is 0 Å². The number of imidazole rings is 1. The number of aryl methyl sites for hydroxylation is 1. The zero-order chi connectivity index (χ0) is 14.4. The largest absolute Gasteiger partial charge is 0.352 e. The number of carbonyl (C=O) groups excluding carboxylic acids is 1. The van der Waals surface area contributed by atoms with Gasteiger partial charge in [-0.1, -0.05) is 26.0 Å². The lowest BCUT2D eigenvalue weighted by Gasteiger charge is -2.07. The number of rotatable bonds is 6. The molecular weight excluding hydrogens is 250 g/mol. The van der Waals surface area contributed by atoms with E-state index in [1.807, 2.05) is 30.5 Å². The van der Waals surface area contributed by atoms with E-state index >= 15 is 0 Å². The molecular formula is C16H21N3O. The highest BCUT2D eigenvalue weighted by molar-refractivity contribution is 5.94. The van der Waals surface area contributed by atoms with E-state index in [1.54, 1.807) is 6.20 Å². The van der Waals surface area contributed by atoms with Gasteiger partial charge in [-0.2, -0.15) is 0 Å². The zero-order valence-electron chi connectivity index (χ0n) is 12.0. The van der Waals surface area contributed by atoms with Crippen molar-refractivity contribution in [2.75, 3.05) is 6.54 Å². The molecule has 0 radical (unpaired) electrons. The molecule has 0 unspecified atom stereocenters. The second kappa shape index (κ2) is 6.89. The van der Waals surface area contributed by atoms with Gasteiger partial charge in [0, 0.05) is 30.9 Å². The van der Waals surface area contributed by atoms with Gasteiger partial charge in [0.15, 0.2) is 0 Å². The summed E-state index contributed by atoms with van der Waals surface area (Å²) in [6, 6.07) is 7.80. The number of aromatic nitrogens is 2. The summed E-state index contributed by atoms with van der Waals surface area (Å²) in [5, 5.41) is 2.93.